The van der Waals surface area contributed by atoms with Gasteiger partial charge in [-0.25, -0.2) is 0 Å². The first-order valence-corrected chi connectivity index (χ1v) is 8.50. The van der Waals surface area contributed by atoms with E-state index in [0.717, 1.165) is 49.1 Å². The number of carbonyl (C=O) groups excluding carboxylic acids is 2. The van der Waals surface area contributed by atoms with Crippen LogP contribution < -0.4 is 10.2 Å². The average Bonchev–Trinajstić information content (AvgIpc) is 2.53. The molecule has 0 aliphatic heterocycles. The SMILES string of the molecule is CC(=O)N(CC(=O)NC1CCCCC1)c1ccc(Cl)c(C(F)(F)F)c1. The summed E-state index contributed by atoms with van der Waals surface area (Å²) in [4.78, 5) is 25.1. The summed E-state index contributed by atoms with van der Waals surface area (Å²) in [6, 6.07) is 3.23. The Morgan fingerprint density at radius 1 is 1.24 bits per heavy atom. The van der Waals surface area contributed by atoms with Gasteiger partial charge in [-0.05, 0) is 31.0 Å². The Hall–Kier alpha value is -1.76. The normalized spacial score (nSPS) is 15.7. The second-order valence-corrected chi connectivity index (χ2v) is 6.58. The van der Waals surface area contributed by atoms with E-state index in [1.165, 1.54) is 13.0 Å². The molecule has 8 heteroatoms. The van der Waals surface area contributed by atoms with E-state index < -0.39 is 22.7 Å². The molecule has 0 atom stereocenters. The number of alkyl halides is 3. The molecule has 1 aromatic rings. The van der Waals surface area contributed by atoms with E-state index in [1.54, 1.807) is 0 Å². The van der Waals surface area contributed by atoms with E-state index in [-0.39, 0.29) is 24.2 Å². The van der Waals surface area contributed by atoms with Gasteiger partial charge in [-0.2, -0.15) is 13.2 Å². The van der Waals surface area contributed by atoms with Gasteiger partial charge in [-0.3, -0.25) is 9.59 Å². The third kappa shape index (κ3) is 5.36. The van der Waals surface area contributed by atoms with Crippen LogP contribution in [0.15, 0.2) is 18.2 Å². The number of nitrogens with zero attached hydrogens (tertiary/aromatic N) is 1. The fraction of sp³-hybridized carbons (Fsp3) is 0.529. The summed E-state index contributed by atoms with van der Waals surface area (Å²) in [7, 11) is 0. The van der Waals surface area contributed by atoms with E-state index in [4.69, 9.17) is 11.6 Å². The van der Waals surface area contributed by atoms with Crippen LogP contribution in [0.2, 0.25) is 5.02 Å². The number of amides is 2. The number of hydrogen-bond acceptors (Lipinski definition) is 2. The highest BCUT2D eigenvalue weighted by Gasteiger charge is 2.34. The van der Waals surface area contributed by atoms with E-state index >= 15 is 0 Å². The number of nitrogens with one attached hydrogen (secondary N) is 1. The zero-order valence-corrected chi connectivity index (χ0v) is 14.6. The molecule has 1 aliphatic carbocycles. The Labute approximate surface area is 149 Å². The van der Waals surface area contributed by atoms with Crippen molar-refractivity contribution in [3.63, 3.8) is 0 Å². The van der Waals surface area contributed by atoms with Crippen molar-refractivity contribution in [1.29, 1.82) is 0 Å². The van der Waals surface area contributed by atoms with Crippen molar-refractivity contribution in [3.8, 4) is 0 Å². The standard InChI is InChI=1S/C17H20ClF3N2O2/c1-11(24)23(10-16(25)22-12-5-3-2-4-6-12)13-7-8-15(18)14(9-13)17(19,20)21/h7-9,12H,2-6,10H2,1H3,(H,22,25). The van der Waals surface area contributed by atoms with Gasteiger partial charge < -0.3 is 10.2 Å². The summed E-state index contributed by atoms with van der Waals surface area (Å²) in [5, 5.41) is 2.40. The van der Waals surface area contributed by atoms with Gasteiger partial charge in [0.05, 0.1) is 10.6 Å². The van der Waals surface area contributed by atoms with Crippen LogP contribution in [0.5, 0.6) is 0 Å². The molecule has 0 radical (unpaired) electrons. The fourth-order valence-electron chi connectivity index (χ4n) is 2.95. The molecule has 1 fully saturated rings. The maximum Gasteiger partial charge on any atom is 0.417 e. The van der Waals surface area contributed by atoms with Crippen molar-refractivity contribution < 1.29 is 22.8 Å². The number of anilines is 1. The smallest absolute Gasteiger partial charge is 0.352 e. The maximum atomic E-state index is 13.0. The highest BCUT2D eigenvalue weighted by molar-refractivity contribution is 6.31. The maximum absolute atomic E-state index is 13.0. The fourth-order valence-corrected chi connectivity index (χ4v) is 3.17. The van der Waals surface area contributed by atoms with Crippen LogP contribution in [0.4, 0.5) is 18.9 Å². The molecule has 1 saturated carbocycles. The summed E-state index contributed by atoms with van der Waals surface area (Å²) < 4.78 is 39.0. The Morgan fingerprint density at radius 2 is 1.88 bits per heavy atom. The molecule has 0 unspecified atom stereocenters. The molecule has 0 heterocycles. The van der Waals surface area contributed by atoms with Crippen LogP contribution in [-0.4, -0.2) is 24.4 Å². The largest absolute Gasteiger partial charge is 0.417 e. The van der Waals surface area contributed by atoms with Crippen molar-refractivity contribution in [1.82, 2.24) is 5.32 Å². The van der Waals surface area contributed by atoms with Crippen LogP contribution in [0, 0.1) is 0 Å². The average molecular weight is 377 g/mol. The number of carbonyl (C=O) groups is 2. The lowest BCUT2D eigenvalue weighted by molar-refractivity contribution is -0.137. The summed E-state index contributed by atoms with van der Waals surface area (Å²) in [5.74, 6) is -0.903. The van der Waals surface area contributed by atoms with Crippen LogP contribution in [0.1, 0.15) is 44.6 Å². The molecular formula is C17H20ClF3N2O2. The second-order valence-electron chi connectivity index (χ2n) is 6.17. The minimum absolute atomic E-state index is 0.0111. The van der Waals surface area contributed by atoms with Gasteiger partial charge in [0, 0.05) is 18.7 Å². The van der Waals surface area contributed by atoms with E-state index in [2.05, 4.69) is 5.32 Å². The highest BCUT2D eigenvalue weighted by Crippen LogP contribution is 2.37. The molecule has 2 amide bonds. The van der Waals surface area contributed by atoms with Gasteiger partial charge in [0.2, 0.25) is 11.8 Å². The first kappa shape index (κ1) is 19.6. The third-order valence-electron chi connectivity index (χ3n) is 4.22. The molecule has 25 heavy (non-hydrogen) atoms. The Bertz CT molecular complexity index is 643. The second kappa shape index (κ2) is 8.08. The lowest BCUT2D eigenvalue weighted by Crippen LogP contribution is -2.44. The number of halogens is 4. The molecular weight excluding hydrogens is 357 g/mol. The minimum Gasteiger partial charge on any atom is -0.352 e. The molecule has 1 aliphatic rings. The lowest BCUT2D eigenvalue weighted by Gasteiger charge is -2.26. The zero-order valence-electron chi connectivity index (χ0n) is 13.8. The van der Waals surface area contributed by atoms with Gasteiger partial charge in [-0.15, -0.1) is 0 Å². The predicted octanol–water partition coefficient (Wildman–Crippen LogP) is 4.16. The Balaban J connectivity index is 2.15. The summed E-state index contributed by atoms with van der Waals surface area (Å²) in [5.41, 5.74) is -1.05. The van der Waals surface area contributed by atoms with Crippen LogP contribution >= 0.6 is 11.6 Å². The van der Waals surface area contributed by atoms with Gasteiger partial charge in [0.15, 0.2) is 0 Å². The van der Waals surface area contributed by atoms with Gasteiger partial charge >= 0.3 is 6.18 Å². The summed E-state index contributed by atoms with van der Waals surface area (Å²) in [6.07, 6.45) is 0.327. The Morgan fingerprint density at radius 3 is 2.44 bits per heavy atom. The van der Waals surface area contributed by atoms with E-state index in [1.807, 2.05) is 0 Å². The van der Waals surface area contributed by atoms with E-state index in [9.17, 15) is 22.8 Å². The summed E-state index contributed by atoms with van der Waals surface area (Å²) in [6.45, 7) is 0.876. The lowest BCUT2D eigenvalue weighted by atomic mass is 9.95. The molecule has 1 aromatic carbocycles. The van der Waals surface area contributed by atoms with Crippen LogP contribution in [0.3, 0.4) is 0 Å². The topological polar surface area (TPSA) is 49.4 Å². The molecule has 4 nitrogen and oxygen atoms in total. The highest BCUT2D eigenvalue weighted by atomic mass is 35.5. The van der Waals surface area contributed by atoms with Crippen molar-refractivity contribution in [2.75, 3.05) is 11.4 Å². The minimum atomic E-state index is -4.64. The van der Waals surface area contributed by atoms with Crippen molar-refractivity contribution in [2.24, 2.45) is 0 Å². The van der Waals surface area contributed by atoms with Crippen molar-refractivity contribution in [3.05, 3.63) is 28.8 Å². The number of rotatable bonds is 4. The molecule has 0 saturated heterocycles. The van der Waals surface area contributed by atoms with Gasteiger partial charge in [0.25, 0.3) is 0 Å². The number of benzene rings is 1. The third-order valence-corrected chi connectivity index (χ3v) is 4.55. The monoisotopic (exact) mass is 376 g/mol. The van der Waals surface area contributed by atoms with Crippen molar-refractivity contribution >= 4 is 29.1 Å². The molecule has 0 aromatic heterocycles. The van der Waals surface area contributed by atoms with Crippen LogP contribution in [-0.2, 0) is 15.8 Å². The van der Waals surface area contributed by atoms with Gasteiger partial charge in [0.1, 0.15) is 6.54 Å². The Kier molecular flexibility index (Phi) is 6.32. The van der Waals surface area contributed by atoms with Crippen LogP contribution in [0.25, 0.3) is 0 Å². The summed E-state index contributed by atoms with van der Waals surface area (Å²) >= 11 is 5.60. The first-order valence-electron chi connectivity index (χ1n) is 8.12. The quantitative estimate of drug-likeness (QED) is 0.857. The number of hydrogen-bond donors (Lipinski definition) is 1. The van der Waals surface area contributed by atoms with Crippen molar-refractivity contribution in [2.45, 2.75) is 51.2 Å². The molecule has 1 N–H and O–H groups in total. The molecule has 138 valence electrons. The molecule has 0 spiro atoms. The van der Waals surface area contributed by atoms with Gasteiger partial charge in [-0.1, -0.05) is 30.9 Å². The predicted molar refractivity (Wildman–Crippen MR) is 89.5 cm³/mol. The van der Waals surface area contributed by atoms with E-state index in [0.29, 0.717) is 0 Å². The first-order chi connectivity index (χ1) is 11.7. The zero-order chi connectivity index (χ0) is 18.6. The molecule has 2 rings (SSSR count). The molecule has 0 bridgehead atoms.